The lowest BCUT2D eigenvalue weighted by atomic mass is 10.0. The summed E-state index contributed by atoms with van der Waals surface area (Å²) in [5.41, 5.74) is 7.98. The average Bonchev–Trinajstić information content (AvgIpc) is 2.97. The molecule has 1 aliphatic heterocycles. The lowest BCUT2D eigenvalue weighted by Gasteiger charge is -2.23. The maximum atomic E-state index is 12.7. The lowest BCUT2D eigenvalue weighted by Crippen LogP contribution is -2.49. The van der Waals surface area contributed by atoms with Gasteiger partial charge in [0.2, 0.25) is 5.91 Å². The van der Waals surface area contributed by atoms with Crippen LogP contribution in [0, 0.1) is 0 Å². The standard InChI is InChI=1S/C19H19ClN2O3/c20-15-8-6-14(7-9-15)11-17(21)18(23)22-16(12-25-19(22)24)10-13-4-2-1-3-5-13/h1-9,16-17H,10-12,21H2/t16-,17-/m0/s1. The average molecular weight is 359 g/mol. The van der Waals surface area contributed by atoms with Crippen molar-refractivity contribution in [1.82, 2.24) is 4.90 Å². The Morgan fingerprint density at radius 3 is 2.52 bits per heavy atom. The van der Waals surface area contributed by atoms with Gasteiger partial charge in [-0.2, -0.15) is 0 Å². The Morgan fingerprint density at radius 2 is 1.84 bits per heavy atom. The lowest BCUT2D eigenvalue weighted by molar-refractivity contribution is -0.130. The molecule has 1 aliphatic rings. The number of nitrogens with zero attached hydrogens (tertiary/aromatic N) is 1. The topological polar surface area (TPSA) is 72.6 Å². The molecule has 1 fully saturated rings. The first-order chi connectivity index (χ1) is 12.0. The maximum absolute atomic E-state index is 12.7. The molecule has 0 bridgehead atoms. The molecule has 2 aromatic carbocycles. The van der Waals surface area contributed by atoms with E-state index in [1.807, 2.05) is 42.5 Å². The van der Waals surface area contributed by atoms with Crippen LogP contribution in [0.25, 0.3) is 0 Å². The molecule has 2 atom stereocenters. The molecule has 6 heteroatoms. The third-order valence-electron chi connectivity index (χ3n) is 4.20. The van der Waals surface area contributed by atoms with Gasteiger partial charge >= 0.3 is 6.09 Å². The Hall–Kier alpha value is -2.37. The first-order valence-corrected chi connectivity index (χ1v) is 8.46. The van der Waals surface area contributed by atoms with Gasteiger partial charge in [0.15, 0.2) is 0 Å². The van der Waals surface area contributed by atoms with Crippen LogP contribution in [0.1, 0.15) is 11.1 Å². The fourth-order valence-electron chi connectivity index (χ4n) is 2.91. The Morgan fingerprint density at radius 1 is 1.16 bits per heavy atom. The second kappa shape index (κ2) is 7.68. The van der Waals surface area contributed by atoms with Gasteiger partial charge in [0.05, 0.1) is 12.1 Å². The molecule has 1 heterocycles. The highest BCUT2D eigenvalue weighted by Gasteiger charge is 2.39. The third kappa shape index (κ3) is 4.18. The van der Waals surface area contributed by atoms with E-state index in [1.165, 1.54) is 0 Å². The summed E-state index contributed by atoms with van der Waals surface area (Å²) in [6.45, 7) is 0.188. The van der Waals surface area contributed by atoms with E-state index in [0.717, 1.165) is 16.0 Å². The van der Waals surface area contributed by atoms with Gasteiger partial charge in [0, 0.05) is 5.02 Å². The summed E-state index contributed by atoms with van der Waals surface area (Å²) in [5, 5.41) is 0.620. The van der Waals surface area contributed by atoms with Crippen LogP contribution in [-0.4, -0.2) is 35.6 Å². The second-order valence-corrected chi connectivity index (χ2v) is 6.50. The van der Waals surface area contributed by atoms with Crippen molar-refractivity contribution < 1.29 is 14.3 Å². The van der Waals surface area contributed by atoms with Gasteiger partial charge < -0.3 is 10.5 Å². The molecular weight excluding hydrogens is 340 g/mol. The molecule has 1 saturated heterocycles. The largest absolute Gasteiger partial charge is 0.447 e. The minimum absolute atomic E-state index is 0.188. The normalized spacial score (nSPS) is 18.1. The molecule has 2 N–H and O–H groups in total. The Kier molecular flexibility index (Phi) is 5.36. The van der Waals surface area contributed by atoms with Crippen molar-refractivity contribution in [2.75, 3.05) is 6.61 Å². The number of nitrogens with two attached hydrogens (primary N) is 1. The van der Waals surface area contributed by atoms with Crippen molar-refractivity contribution in [2.24, 2.45) is 5.73 Å². The van der Waals surface area contributed by atoms with E-state index in [2.05, 4.69) is 0 Å². The molecule has 5 nitrogen and oxygen atoms in total. The van der Waals surface area contributed by atoms with Crippen LogP contribution in [0.4, 0.5) is 4.79 Å². The van der Waals surface area contributed by atoms with Gasteiger partial charge in [0.25, 0.3) is 0 Å². The molecule has 0 spiro atoms. The van der Waals surface area contributed by atoms with Crippen LogP contribution in [0.15, 0.2) is 54.6 Å². The maximum Gasteiger partial charge on any atom is 0.417 e. The van der Waals surface area contributed by atoms with Crippen LogP contribution in [0.5, 0.6) is 0 Å². The fraction of sp³-hybridized carbons (Fsp3) is 0.263. The number of carbonyl (C=O) groups excluding carboxylic acids is 2. The van der Waals surface area contributed by atoms with Crippen molar-refractivity contribution >= 4 is 23.6 Å². The Labute approximate surface area is 151 Å². The SMILES string of the molecule is N[C@@H](Cc1ccc(Cl)cc1)C(=O)N1C(=O)OC[C@@H]1Cc1ccccc1. The highest BCUT2D eigenvalue weighted by atomic mass is 35.5. The minimum Gasteiger partial charge on any atom is -0.447 e. The summed E-state index contributed by atoms with van der Waals surface area (Å²) in [7, 11) is 0. The van der Waals surface area contributed by atoms with Crippen LogP contribution in [0.3, 0.4) is 0 Å². The number of ether oxygens (including phenoxy) is 1. The molecule has 0 aromatic heterocycles. The highest BCUT2D eigenvalue weighted by molar-refractivity contribution is 6.30. The van der Waals surface area contributed by atoms with E-state index < -0.39 is 18.0 Å². The first-order valence-electron chi connectivity index (χ1n) is 8.08. The van der Waals surface area contributed by atoms with E-state index in [9.17, 15) is 9.59 Å². The molecular formula is C19H19ClN2O3. The number of carbonyl (C=O) groups is 2. The van der Waals surface area contributed by atoms with E-state index in [-0.39, 0.29) is 12.6 Å². The van der Waals surface area contributed by atoms with Gasteiger partial charge in [0.1, 0.15) is 6.61 Å². The molecule has 2 amide bonds. The zero-order chi connectivity index (χ0) is 17.8. The van der Waals surface area contributed by atoms with E-state index in [0.29, 0.717) is 17.9 Å². The van der Waals surface area contributed by atoms with Crippen molar-refractivity contribution in [3.05, 3.63) is 70.7 Å². The summed E-state index contributed by atoms with van der Waals surface area (Å²) in [5.74, 6) is -0.418. The quantitative estimate of drug-likeness (QED) is 0.892. The number of rotatable bonds is 5. The fourth-order valence-corrected chi connectivity index (χ4v) is 3.03. The first kappa shape index (κ1) is 17.5. The molecule has 0 radical (unpaired) electrons. The van der Waals surface area contributed by atoms with Gasteiger partial charge in [-0.05, 0) is 36.1 Å². The van der Waals surface area contributed by atoms with Gasteiger partial charge in [-0.25, -0.2) is 9.69 Å². The number of amides is 2. The molecule has 0 aliphatic carbocycles. The summed E-state index contributed by atoms with van der Waals surface area (Å²) >= 11 is 5.86. The van der Waals surface area contributed by atoms with Crippen LogP contribution >= 0.6 is 11.6 Å². The summed E-state index contributed by atoms with van der Waals surface area (Å²) in [6, 6.07) is 15.7. The highest BCUT2D eigenvalue weighted by Crippen LogP contribution is 2.19. The molecule has 0 unspecified atom stereocenters. The van der Waals surface area contributed by atoms with Crippen molar-refractivity contribution in [3.63, 3.8) is 0 Å². The van der Waals surface area contributed by atoms with Crippen LogP contribution < -0.4 is 5.73 Å². The molecule has 0 saturated carbocycles. The number of hydrogen-bond acceptors (Lipinski definition) is 4. The minimum atomic E-state index is -0.815. The van der Waals surface area contributed by atoms with E-state index in [4.69, 9.17) is 22.1 Å². The zero-order valence-corrected chi connectivity index (χ0v) is 14.4. The van der Waals surface area contributed by atoms with E-state index >= 15 is 0 Å². The zero-order valence-electron chi connectivity index (χ0n) is 13.6. The van der Waals surface area contributed by atoms with Crippen LogP contribution in [-0.2, 0) is 22.4 Å². The number of imide groups is 1. The molecule has 25 heavy (non-hydrogen) atoms. The number of benzene rings is 2. The van der Waals surface area contributed by atoms with E-state index in [1.54, 1.807) is 12.1 Å². The molecule has 130 valence electrons. The second-order valence-electron chi connectivity index (χ2n) is 6.07. The van der Waals surface area contributed by atoms with Crippen LogP contribution in [0.2, 0.25) is 5.02 Å². The van der Waals surface area contributed by atoms with Crippen molar-refractivity contribution in [1.29, 1.82) is 0 Å². The number of hydrogen-bond donors (Lipinski definition) is 1. The summed E-state index contributed by atoms with van der Waals surface area (Å²) < 4.78 is 5.08. The Bertz CT molecular complexity index is 749. The predicted octanol–water partition coefficient (Wildman–Crippen LogP) is 2.80. The Balaban J connectivity index is 1.69. The van der Waals surface area contributed by atoms with Gasteiger partial charge in [-0.15, -0.1) is 0 Å². The third-order valence-corrected chi connectivity index (χ3v) is 4.45. The van der Waals surface area contributed by atoms with Gasteiger partial charge in [-0.3, -0.25) is 4.79 Å². The smallest absolute Gasteiger partial charge is 0.417 e. The van der Waals surface area contributed by atoms with Crippen molar-refractivity contribution in [3.8, 4) is 0 Å². The van der Waals surface area contributed by atoms with Crippen molar-refractivity contribution in [2.45, 2.75) is 24.9 Å². The monoisotopic (exact) mass is 358 g/mol. The molecule has 2 aromatic rings. The number of cyclic esters (lactones) is 1. The number of halogens is 1. The van der Waals surface area contributed by atoms with Gasteiger partial charge in [-0.1, -0.05) is 54.1 Å². The predicted molar refractivity (Wildman–Crippen MR) is 95.3 cm³/mol. The molecule has 3 rings (SSSR count). The summed E-state index contributed by atoms with van der Waals surface area (Å²) in [4.78, 5) is 25.9. The summed E-state index contributed by atoms with van der Waals surface area (Å²) in [6.07, 6.45) is 0.251.